The van der Waals surface area contributed by atoms with Crippen molar-refractivity contribution in [1.29, 1.82) is 5.41 Å². The van der Waals surface area contributed by atoms with Gasteiger partial charge < -0.3 is 24.0 Å². The molecule has 7 nitrogen and oxygen atoms in total. The fourth-order valence-corrected chi connectivity index (χ4v) is 3.16. The molecule has 0 radical (unpaired) electrons. The molecule has 0 spiro atoms. The van der Waals surface area contributed by atoms with Gasteiger partial charge in [0.1, 0.15) is 23.2 Å². The molecule has 140 valence electrons. The maximum atomic E-state index is 10.5. The van der Waals surface area contributed by atoms with Crippen molar-refractivity contribution in [2.24, 2.45) is 7.05 Å². The van der Waals surface area contributed by atoms with Gasteiger partial charge >= 0.3 is 0 Å². The van der Waals surface area contributed by atoms with E-state index in [0.717, 1.165) is 23.2 Å². The van der Waals surface area contributed by atoms with Gasteiger partial charge in [-0.2, -0.15) is 0 Å². The third-order valence-electron chi connectivity index (χ3n) is 4.52. The van der Waals surface area contributed by atoms with E-state index >= 15 is 0 Å². The molecule has 0 atom stereocenters. The van der Waals surface area contributed by atoms with E-state index in [4.69, 9.17) is 14.9 Å². The average Bonchev–Trinajstić information content (AvgIpc) is 3.07. The molecule has 1 aromatic carbocycles. The van der Waals surface area contributed by atoms with E-state index in [1.807, 2.05) is 48.6 Å². The number of aliphatic hydroxyl groups excluding tert-OH is 1. The summed E-state index contributed by atoms with van der Waals surface area (Å²) < 4.78 is 12.7. The molecule has 0 saturated carbocycles. The molecule has 1 aliphatic heterocycles. The van der Waals surface area contributed by atoms with Crippen molar-refractivity contribution in [3.05, 3.63) is 29.8 Å². The number of methoxy groups -OCH3 is 1. The first kappa shape index (κ1) is 18.3. The van der Waals surface area contributed by atoms with Crippen LogP contribution < -0.4 is 4.74 Å². The van der Waals surface area contributed by atoms with Crippen LogP contribution in [0.1, 0.15) is 26.1 Å². The molecular formula is C19H26N4O3. The maximum absolute atomic E-state index is 10.5. The van der Waals surface area contributed by atoms with Gasteiger partial charge in [-0.15, -0.1) is 0 Å². The van der Waals surface area contributed by atoms with Crippen molar-refractivity contribution < 1.29 is 14.6 Å². The van der Waals surface area contributed by atoms with Crippen molar-refractivity contribution in [2.45, 2.75) is 26.4 Å². The second-order valence-corrected chi connectivity index (χ2v) is 6.71. The first-order chi connectivity index (χ1) is 12.4. The lowest BCUT2D eigenvalue weighted by atomic mass is 10.2. The van der Waals surface area contributed by atoms with Crippen molar-refractivity contribution in [2.75, 3.05) is 26.8 Å². The van der Waals surface area contributed by atoms with Crippen LogP contribution >= 0.6 is 0 Å². The third-order valence-corrected chi connectivity index (χ3v) is 4.52. The number of nitrogens with zero attached hydrogens (tertiary/aromatic N) is 3. The van der Waals surface area contributed by atoms with Gasteiger partial charge in [0, 0.05) is 26.3 Å². The molecule has 1 aliphatic rings. The van der Waals surface area contributed by atoms with Gasteiger partial charge in [-0.3, -0.25) is 5.41 Å². The van der Waals surface area contributed by atoms with Gasteiger partial charge in [-0.1, -0.05) is 0 Å². The number of amidine groups is 1. The van der Waals surface area contributed by atoms with Crippen LogP contribution in [0.2, 0.25) is 0 Å². The molecule has 26 heavy (non-hydrogen) atoms. The molecule has 0 aliphatic carbocycles. The molecule has 2 aromatic rings. The minimum Gasteiger partial charge on any atom is -0.510 e. The number of hydrogen-bond acceptors (Lipinski definition) is 5. The molecule has 0 bridgehead atoms. The predicted molar refractivity (Wildman–Crippen MR) is 102 cm³/mol. The normalized spacial score (nSPS) is 15.0. The summed E-state index contributed by atoms with van der Waals surface area (Å²) in [7, 11) is 3.51. The molecule has 2 heterocycles. The molecule has 1 aromatic heterocycles. The smallest absolute Gasteiger partial charge is 0.148 e. The van der Waals surface area contributed by atoms with E-state index in [1.54, 1.807) is 7.11 Å². The summed E-state index contributed by atoms with van der Waals surface area (Å²) in [6.07, 6.45) is 1.01. The van der Waals surface area contributed by atoms with Crippen molar-refractivity contribution in [1.82, 2.24) is 14.5 Å². The first-order valence-electron chi connectivity index (χ1n) is 8.80. The molecule has 0 saturated heterocycles. The Morgan fingerprint density at radius 2 is 2.12 bits per heavy atom. The summed E-state index contributed by atoms with van der Waals surface area (Å²) in [5, 5.41) is 19.0. The van der Waals surface area contributed by atoms with Crippen LogP contribution in [0.5, 0.6) is 5.75 Å². The Balaban J connectivity index is 1.80. The number of fused-ring (bicyclic) bond motifs is 1. The number of imidazole rings is 1. The van der Waals surface area contributed by atoms with Gasteiger partial charge in [-0.05, 0) is 32.4 Å². The van der Waals surface area contributed by atoms with E-state index in [1.165, 1.54) is 0 Å². The standard InChI is InChI=1S/C19H26N4O3/c1-12(2)26-9-5-8-23-11-16(24)17(18(23)20)19-21-14-10-13(25-4)6-7-15(14)22(19)3/h6-7,10,12,20,24H,5,8-9,11H2,1-4H3. The minimum absolute atomic E-state index is 0.185. The maximum Gasteiger partial charge on any atom is 0.148 e. The molecule has 0 amide bonds. The number of aryl methyl sites for hydroxylation is 1. The van der Waals surface area contributed by atoms with Crippen molar-refractivity contribution in [3.63, 3.8) is 0 Å². The Bertz CT molecular complexity index is 854. The molecular weight excluding hydrogens is 332 g/mol. The van der Waals surface area contributed by atoms with Crippen LogP contribution in [0, 0.1) is 5.41 Å². The van der Waals surface area contributed by atoms with Gasteiger partial charge in [0.05, 0.1) is 36.4 Å². The number of hydrogen-bond donors (Lipinski definition) is 2. The lowest BCUT2D eigenvalue weighted by molar-refractivity contribution is 0.0742. The zero-order valence-corrected chi connectivity index (χ0v) is 15.7. The van der Waals surface area contributed by atoms with Crippen molar-refractivity contribution in [3.8, 4) is 5.75 Å². The van der Waals surface area contributed by atoms with E-state index < -0.39 is 0 Å². The van der Waals surface area contributed by atoms with Crippen LogP contribution in [0.3, 0.4) is 0 Å². The fraction of sp³-hybridized carbons (Fsp3) is 0.474. The highest BCUT2D eigenvalue weighted by Crippen LogP contribution is 2.30. The topological polar surface area (TPSA) is 83.6 Å². The summed E-state index contributed by atoms with van der Waals surface area (Å²) in [6, 6.07) is 5.67. The quantitative estimate of drug-likeness (QED) is 0.744. The summed E-state index contributed by atoms with van der Waals surface area (Å²) in [6.45, 7) is 5.65. The second-order valence-electron chi connectivity index (χ2n) is 6.71. The molecule has 0 unspecified atom stereocenters. The Morgan fingerprint density at radius 1 is 1.35 bits per heavy atom. The Morgan fingerprint density at radius 3 is 2.81 bits per heavy atom. The van der Waals surface area contributed by atoms with E-state index in [2.05, 4.69) is 4.98 Å². The number of nitrogens with one attached hydrogen (secondary N) is 1. The van der Waals surface area contributed by atoms with Crippen LogP contribution in [0.25, 0.3) is 16.6 Å². The van der Waals surface area contributed by atoms with Gasteiger partial charge in [0.2, 0.25) is 0 Å². The number of rotatable bonds is 7. The average molecular weight is 358 g/mol. The summed E-state index contributed by atoms with van der Waals surface area (Å²) >= 11 is 0. The second kappa shape index (κ2) is 7.37. The lowest BCUT2D eigenvalue weighted by Gasteiger charge is -2.19. The van der Waals surface area contributed by atoms with Gasteiger partial charge in [0.15, 0.2) is 0 Å². The highest BCUT2D eigenvalue weighted by Gasteiger charge is 2.31. The molecule has 2 N–H and O–H groups in total. The largest absolute Gasteiger partial charge is 0.510 e. The number of aliphatic hydroxyl groups is 1. The minimum atomic E-state index is 0.185. The molecule has 3 rings (SSSR count). The Hall–Kier alpha value is -2.54. The first-order valence-corrected chi connectivity index (χ1v) is 8.80. The van der Waals surface area contributed by atoms with Gasteiger partial charge in [0.25, 0.3) is 0 Å². The summed E-state index contributed by atoms with van der Waals surface area (Å²) in [4.78, 5) is 6.49. The summed E-state index contributed by atoms with van der Waals surface area (Å²) in [5.74, 6) is 1.81. The van der Waals surface area contributed by atoms with E-state index in [0.29, 0.717) is 36.9 Å². The van der Waals surface area contributed by atoms with Crippen LogP contribution in [-0.4, -0.2) is 58.3 Å². The van der Waals surface area contributed by atoms with Crippen LogP contribution in [0.15, 0.2) is 24.0 Å². The number of aromatic nitrogens is 2. The Labute approximate surface area is 153 Å². The third kappa shape index (κ3) is 3.39. The van der Waals surface area contributed by atoms with Crippen LogP contribution in [0.4, 0.5) is 0 Å². The fourth-order valence-electron chi connectivity index (χ4n) is 3.16. The summed E-state index contributed by atoms with van der Waals surface area (Å²) in [5.41, 5.74) is 2.20. The van der Waals surface area contributed by atoms with E-state index in [9.17, 15) is 5.11 Å². The van der Waals surface area contributed by atoms with Gasteiger partial charge in [-0.25, -0.2) is 4.98 Å². The molecule has 0 fully saturated rings. The number of ether oxygens (including phenoxy) is 2. The highest BCUT2D eigenvalue weighted by atomic mass is 16.5. The Kier molecular flexibility index (Phi) is 5.18. The van der Waals surface area contributed by atoms with Crippen molar-refractivity contribution >= 4 is 22.4 Å². The number of benzene rings is 1. The molecule has 7 heteroatoms. The zero-order valence-electron chi connectivity index (χ0n) is 15.7. The SMILES string of the molecule is COc1ccc2c(c1)nc(C1=C(O)CN(CCCOC(C)C)C1=N)n2C. The highest BCUT2D eigenvalue weighted by molar-refractivity contribution is 6.23. The van der Waals surface area contributed by atoms with Crippen LogP contribution in [-0.2, 0) is 11.8 Å². The monoisotopic (exact) mass is 358 g/mol. The van der Waals surface area contributed by atoms with E-state index in [-0.39, 0.29) is 11.9 Å². The predicted octanol–water partition coefficient (Wildman–Crippen LogP) is 2.96. The lowest BCUT2D eigenvalue weighted by Crippen LogP contribution is -2.29. The zero-order chi connectivity index (χ0) is 18.8.